The molecule has 2 rings (SSSR count). The number of hydrogen-bond acceptors (Lipinski definition) is 6. The zero-order valence-corrected chi connectivity index (χ0v) is 10.6. The van der Waals surface area contributed by atoms with Crippen molar-refractivity contribution in [2.24, 2.45) is 0 Å². The Hall–Kier alpha value is -2.79. The molecule has 0 fully saturated rings. The van der Waals surface area contributed by atoms with Gasteiger partial charge in [0.25, 0.3) is 5.69 Å². The van der Waals surface area contributed by atoms with Crippen LogP contribution in [0.1, 0.15) is 16.1 Å². The number of carboxylic acids is 1. The molecule has 1 aromatic heterocycles. The average molecular weight is 290 g/mol. The molecule has 1 heterocycles. The number of hydrogen-bond donors (Lipinski definition) is 1. The van der Waals surface area contributed by atoms with Crippen molar-refractivity contribution in [1.82, 2.24) is 0 Å². The van der Waals surface area contributed by atoms with Crippen LogP contribution < -0.4 is 0 Å². The lowest BCUT2D eigenvalue weighted by Gasteiger charge is -2.00. The molecular weight excluding hydrogens is 284 g/mol. The van der Waals surface area contributed by atoms with Gasteiger partial charge in [-0.15, -0.1) is 0 Å². The smallest absolute Gasteiger partial charge is 0.371 e. The molecule has 7 nitrogen and oxygen atoms in total. The Morgan fingerprint density at radius 3 is 2.70 bits per heavy atom. The third-order valence-electron chi connectivity index (χ3n) is 2.29. The highest BCUT2D eigenvalue weighted by Crippen LogP contribution is 2.36. The lowest BCUT2D eigenvalue weighted by molar-refractivity contribution is -0.387. The summed E-state index contributed by atoms with van der Waals surface area (Å²) in [5, 5.41) is 28.6. The van der Waals surface area contributed by atoms with E-state index in [-0.39, 0.29) is 27.0 Å². The molecule has 0 amide bonds. The van der Waals surface area contributed by atoms with Gasteiger partial charge in [0.05, 0.1) is 21.5 Å². The molecule has 0 aliphatic heterocycles. The fourth-order valence-electron chi connectivity index (χ4n) is 1.41. The van der Waals surface area contributed by atoms with Crippen LogP contribution in [0.15, 0.2) is 44.7 Å². The minimum Gasteiger partial charge on any atom is -0.475 e. The van der Waals surface area contributed by atoms with E-state index in [9.17, 15) is 14.9 Å². The van der Waals surface area contributed by atoms with Gasteiger partial charge in [0, 0.05) is 6.07 Å². The van der Waals surface area contributed by atoms with Gasteiger partial charge in [0.2, 0.25) is 5.76 Å². The van der Waals surface area contributed by atoms with Crippen molar-refractivity contribution < 1.29 is 19.2 Å². The van der Waals surface area contributed by atoms with Crippen molar-refractivity contribution in [3.05, 3.63) is 51.8 Å². The third kappa shape index (κ3) is 2.78. The number of carbonyl (C=O) groups is 1. The fourth-order valence-corrected chi connectivity index (χ4v) is 2.33. The van der Waals surface area contributed by atoms with Crippen LogP contribution in [0, 0.1) is 21.4 Å². The van der Waals surface area contributed by atoms with E-state index in [4.69, 9.17) is 14.8 Å². The number of nitro benzene ring substituents is 1. The van der Waals surface area contributed by atoms with E-state index in [1.807, 2.05) is 6.07 Å². The summed E-state index contributed by atoms with van der Waals surface area (Å²) in [5.41, 5.74) is 0.0883. The number of furan rings is 1. The van der Waals surface area contributed by atoms with Crippen molar-refractivity contribution in [2.75, 3.05) is 0 Å². The summed E-state index contributed by atoms with van der Waals surface area (Å²) in [6.07, 6.45) is 0. The Labute approximate surface area is 116 Å². The van der Waals surface area contributed by atoms with Crippen LogP contribution in [0.3, 0.4) is 0 Å². The third-order valence-corrected chi connectivity index (χ3v) is 3.26. The lowest BCUT2D eigenvalue weighted by atomic mass is 10.2. The molecule has 0 aliphatic rings. The van der Waals surface area contributed by atoms with E-state index in [1.165, 1.54) is 30.3 Å². The van der Waals surface area contributed by atoms with Gasteiger partial charge in [-0.2, -0.15) is 5.26 Å². The molecule has 0 bridgehead atoms. The molecule has 0 radical (unpaired) electrons. The quantitative estimate of drug-likeness (QED) is 0.679. The predicted molar refractivity (Wildman–Crippen MR) is 67.6 cm³/mol. The summed E-state index contributed by atoms with van der Waals surface area (Å²) in [7, 11) is 0. The highest BCUT2D eigenvalue weighted by molar-refractivity contribution is 7.99. The Bertz CT molecular complexity index is 732. The standard InChI is InChI=1S/C12H6N2O5S/c13-6-7-1-2-8(14(17)18)10(5-7)20-11-4-3-9(19-11)12(15)16/h1-5H,(H,15,16). The van der Waals surface area contributed by atoms with Gasteiger partial charge in [-0.25, -0.2) is 4.79 Å². The summed E-state index contributed by atoms with van der Waals surface area (Å²) in [6, 6.07) is 8.45. The number of nitriles is 1. The summed E-state index contributed by atoms with van der Waals surface area (Å²) in [4.78, 5) is 21.2. The first-order valence-corrected chi connectivity index (χ1v) is 6.02. The molecule has 100 valence electrons. The molecule has 8 heteroatoms. The zero-order chi connectivity index (χ0) is 14.7. The van der Waals surface area contributed by atoms with Gasteiger partial charge in [-0.3, -0.25) is 10.1 Å². The molecule has 0 saturated heterocycles. The van der Waals surface area contributed by atoms with E-state index in [1.54, 1.807) is 0 Å². The zero-order valence-electron chi connectivity index (χ0n) is 9.77. The summed E-state index contributed by atoms with van der Waals surface area (Å²) >= 11 is 0.888. The van der Waals surface area contributed by atoms with Crippen LogP contribution in [0.4, 0.5) is 5.69 Å². The van der Waals surface area contributed by atoms with E-state index < -0.39 is 10.9 Å². The second-order valence-corrected chi connectivity index (χ2v) is 4.62. The summed E-state index contributed by atoms with van der Waals surface area (Å²) in [5.74, 6) is -1.48. The Morgan fingerprint density at radius 2 is 2.15 bits per heavy atom. The molecule has 0 aliphatic carbocycles. The van der Waals surface area contributed by atoms with Crippen molar-refractivity contribution in [1.29, 1.82) is 5.26 Å². The first-order chi connectivity index (χ1) is 9.51. The molecule has 0 atom stereocenters. The van der Waals surface area contributed by atoms with E-state index in [0.29, 0.717) is 0 Å². The molecule has 0 unspecified atom stereocenters. The number of carboxylic acid groups (broad SMARTS) is 1. The maximum atomic E-state index is 10.9. The molecule has 0 saturated carbocycles. The Morgan fingerprint density at radius 1 is 1.40 bits per heavy atom. The van der Waals surface area contributed by atoms with Gasteiger partial charge < -0.3 is 9.52 Å². The van der Waals surface area contributed by atoms with Crippen molar-refractivity contribution in [3.63, 3.8) is 0 Å². The van der Waals surface area contributed by atoms with Gasteiger partial charge in [-0.1, -0.05) is 0 Å². The average Bonchev–Trinajstić information content (AvgIpc) is 2.87. The second kappa shape index (κ2) is 5.46. The molecule has 1 N–H and O–H groups in total. The topological polar surface area (TPSA) is 117 Å². The number of rotatable bonds is 4. The minimum absolute atomic E-state index is 0.178. The molecule has 2 aromatic rings. The largest absolute Gasteiger partial charge is 0.475 e. The maximum absolute atomic E-state index is 10.9. The molecular formula is C12H6N2O5S. The van der Waals surface area contributed by atoms with Crippen LogP contribution in [0.5, 0.6) is 0 Å². The number of nitrogens with zero attached hydrogens (tertiary/aromatic N) is 2. The monoisotopic (exact) mass is 290 g/mol. The number of aromatic carboxylic acids is 1. The van der Waals surface area contributed by atoms with Crippen molar-refractivity contribution in [2.45, 2.75) is 9.99 Å². The van der Waals surface area contributed by atoms with Gasteiger partial charge in [0.15, 0.2) is 5.09 Å². The Balaban J connectivity index is 2.38. The van der Waals surface area contributed by atoms with Crippen molar-refractivity contribution in [3.8, 4) is 6.07 Å². The first-order valence-electron chi connectivity index (χ1n) is 5.21. The van der Waals surface area contributed by atoms with E-state index in [2.05, 4.69) is 0 Å². The minimum atomic E-state index is -1.22. The Kier molecular flexibility index (Phi) is 3.72. The second-order valence-electron chi connectivity index (χ2n) is 3.58. The molecule has 20 heavy (non-hydrogen) atoms. The van der Waals surface area contributed by atoms with E-state index >= 15 is 0 Å². The highest BCUT2D eigenvalue weighted by atomic mass is 32.2. The molecule has 1 aromatic carbocycles. The van der Waals surface area contributed by atoms with E-state index in [0.717, 1.165) is 11.8 Å². The van der Waals surface area contributed by atoms with Gasteiger partial charge in [0.1, 0.15) is 0 Å². The lowest BCUT2D eigenvalue weighted by Crippen LogP contribution is -1.92. The van der Waals surface area contributed by atoms with Crippen LogP contribution in [-0.4, -0.2) is 16.0 Å². The molecule has 0 spiro atoms. The van der Waals surface area contributed by atoms with Gasteiger partial charge >= 0.3 is 5.97 Å². The van der Waals surface area contributed by atoms with Crippen LogP contribution in [0.2, 0.25) is 0 Å². The van der Waals surface area contributed by atoms with Crippen LogP contribution in [0.25, 0.3) is 0 Å². The van der Waals surface area contributed by atoms with Crippen molar-refractivity contribution >= 4 is 23.4 Å². The normalized spacial score (nSPS) is 9.95. The fraction of sp³-hybridized carbons (Fsp3) is 0. The SMILES string of the molecule is N#Cc1ccc([N+](=O)[O-])c(Sc2ccc(C(=O)O)o2)c1. The summed E-state index contributed by atoms with van der Waals surface area (Å²) in [6.45, 7) is 0. The maximum Gasteiger partial charge on any atom is 0.371 e. The van der Waals surface area contributed by atoms with Crippen LogP contribution in [-0.2, 0) is 0 Å². The first kappa shape index (κ1) is 13.6. The van der Waals surface area contributed by atoms with Crippen LogP contribution >= 0.6 is 11.8 Å². The highest BCUT2D eigenvalue weighted by Gasteiger charge is 2.18. The van der Waals surface area contributed by atoms with Gasteiger partial charge in [-0.05, 0) is 36.0 Å². The number of benzene rings is 1. The predicted octanol–water partition coefficient (Wildman–Crippen LogP) is 2.91. The number of nitro groups is 1. The summed E-state index contributed by atoms with van der Waals surface area (Å²) < 4.78 is 5.02.